The number of nitrogens with zero attached hydrogens (tertiary/aromatic N) is 3. The summed E-state index contributed by atoms with van der Waals surface area (Å²) in [5, 5.41) is 3.28. The fraction of sp³-hybridized carbons (Fsp3) is 0.333. The molecule has 1 saturated heterocycles. The molecule has 188 valence electrons. The van der Waals surface area contributed by atoms with Gasteiger partial charge in [0, 0.05) is 25.9 Å². The molecule has 1 fully saturated rings. The lowest BCUT2D eigenvalue weighted by molar-refractivity contribution is -0.122. The van der Waals surface area contributed by atoms with Crippen LogP contribution in [-0.2, 0) is 16.0 Å². The molecule has 7 nitrogen and oxygen atoms in total. The molecular weight excluding hydrogens is 492 g/mol. The van der Waals surface area contributed by atoms with Crippen molar-refractivity contribution in [2.24, 2.45) is 0 Å². The monoisotopic (exact) mass is 522 g/mol. The molecule has 3 heterocycles. The van der Waals surface area contributed by atoms with E-state index in [1.807, 2.05) is 63.2 Å². The van der Waals surface area contributed by atoms with Crippen molar-refractivity contribution >= 4 is 51.7 Å². The van der Waals surface area contributed by atoms with Gasteiger partial charge >= 0.3 is 0 Å². The van der Waals surface area contributed by atoms with Crippen molar-refractivity contribution in [3.63, 3.8) is 0 Å². The lowest BCUT2D eigenvalue weighted by Crippen LogP contribution is -2.30. The molecule has 0 unspecified atom stereocenters. The number of hydrogen-bond donors (Lipinski definition) is 1. The average molecular weight is 523 g/mol. The maximum Gasteiger partial charge on any atom is 0.267 e. The van der Waals surface area contributed by atoms with Crippen LogP contribution in [0.2, 0.25) is 0 Å². The smallest absolute Gasteiger partial charge is 0.267 e. The van der Waals surface area contributed by atoms with Gasteiger partial charge in [0.25, 0.3) is 11.5 Å². The Balaban J connectivity index is 1.61. The zero-order valence-electron chi connectivity index (χ0n) is 20.7. The zero-order valence-corrected chi connectivity index (χ0v) is 22.3. The normalized spacial score (nSPS) is 15.0. The van der Waals surface area contributed by atoms with Crippen molar-refractivity contribution in [3.8, 4) is 0 Å². The summed E-state index contributed by atoms with van der Waals surface area (Å²) in [6, 6.07) is 13.7. The van der Waals surface area contributed by atoms with Crippen LogP contribution in [-0.4, -0.2) is 50.3 Å². The number of carbonyl (C=O) groups is 1. The van der Waals surface area contributed by atoms with E-state index in [1.165, 1.54) is 16.2 Å². The van der Waals surface area contributed by atoms with Gasteiger partial charge < -0.3 is 10.1 Å². The van der Waals surface area contributed by atoms with Crippen LogP contribution in [0.4, 0.5) is 5.82 Å². The highest BCUT2D eigenvalue weighted by Gasteiger charge is 2.32. The quantitative estimate of drug-likeness (QED) is 0.236. The average Bonchev–Trinajstić information content (AvgIpc) is 3.12. The number of fused-ring (bicyclic) bond motifs is 1. The first-order valence-corrected chi connectivity index (χ1v) is 13.2. The second kappa shape index (κ2) is 11.8. The second-order valence-electron chi connectivity index (χ2n) is 8.88. The van der Waals surface area contributed by atoms with Gasteiger partial charge in [0.2, 0.25) is 0 Å². The molecular formula is C27H30N4O3S2. The van der Waals surface area contributed by atoms with E-state index in [9.17, 15) is 9.59 Å². The van der Waals surface area contributed by atoms with Gasteiger partial charge in [-0.25, -0.2) is 4.98 Å². The van der Waals surface area contributed by atoms with Crippen LogP contribution in [0.5, 0.6) is 0 Å². The summed E-state index contributed by atoms with van der Waals surface area (Å²) in [5.74, 6) is 0.258. The molecule has 1 aliphatic rings. The number of aryl methyl sites for hydroxylation is 1. The molecule has 0 radical (unpaired) electrons. The molecule has 9 heteroatoms. The van der Waals surface area contributed by atoms with Gasteiger partial charge in [-0.1, -0.05) is 60.4 Å². The van der Waals surface area contributed by atoms with Gasteiger partial charge in [-0.05, 0) is 56.9 Å². The van der Waals surface area contributed by atoms with Crippen molar-refractivity contribution in [3.05, 3.63) is 80.6 Å². The molecule has 0 saturated carbocycles. The number of aromatic nitrogens is 2. The predicted molar refractivity (Wildman–Crippen MR) is 150 cm³/mol. The molecule has 1 amide bonds. The Morgan fingerprint density at radius 1 is 1.17 bits per heavy atom. The number of benzene rings is 1. The van der Waals surface area contributed by atoms with Crippen LogP contribution in [0.1, 0.15) is 37.0 Å². The van der Waals surface area contributed by atoms with Crippen molar-refractivity contribution < 1.29 is 9.53 Å². The van der Waals surface area contributed by atoms with Crippen LogP contribution in [0, 0.1) is 6.92 Å². The van der Waals surface area contributed by atoms with E-state index in [2.05, 4.69) is 5.32 Å². The van der Waals surface area contributed by atoms with Crippen LogP contribution < -0.4 is 10.9 Å². The number of thiocarbonyl (C=S) groups is 1. The minimum absolute atomic E-state index is 0.163. The predicted octanol–water partition coefficient (Wildman–Crippen LogP) is 4.67. The molecule has 3 aromatic rings. The van der Waals surface area contributed by atoms with E-state index < -0.39 is 0 Å². The molecule has 1 aromatic carbocycles. The highest BCUT2D eigenvalue weighted by Crippen LogP contribution is 2.33. The molecule has 1 N–H and O–H groups in total. The van der Waals surface area contributed by atoms with E-state index in [-0.39, 0.29) is 17.6 Å². The summed E-state index contributed by atoms with van der Waals surface area (Å²) in [6.07, 6.45) is 5.00. The molecule has 2 aromatic heterocycles. The summed E-state index contributed by atoms with van der Waals surface area (Å²) in [7, 11) is 0. The van der Waals surface area contributed by atoms with Gasteiger partial charge in [0.05, 0.1) is 16.6 Å². The van der Waals surface area contributed by atoms with Crippen LogP contribution in [0.25, 0.3) is 11.7 Å². The number of rotatable bonds is 10. The van der Waals surface area contributed by atoms with E-state index in [1.54, 1.807) is 17.2 Å². The summed E-state index contributed by atoms with van der Waals surface area (Å²) >= 11 is 6.72. The molecule has 0 atom stereocenters. The molecule has 1 aliphatic heterocycles. The van der Waals surface area contributed by atoms with Crippen molar-refractivity contribution in [2.45, 2.75) is 39.7 Å². The van der Waals surface area contributed by atoms with E-state index in [0.717, 1.165) is 17.5 Å². The van der Waals surface area contributed by atoms with E-state index in [0.29, 0.717) is 52.4 Å². The summed E-state index contributed by atoms with van der Waals surface area (Å²) in [4.78, 5) is 33.4. The third-order valence-electron chi connectivity index (χ3n) is 5.69. The fourth-order valence-corrected chi connectivity index (χ4v) is 5.12. The Morgan fingerprint density at radius 2 is 1.94 bits per heavy atom. The fourth-order valence-electron chi connectivity index (χ4n) is 3.83. The zero-order chi connectivity index (χ0) is 25.7. The van der Waals surface area contributed by atoms with Gasteiger partial charge in [0.1, 0.15) is 15.8 Å². The number of anilines is 1. The molecule has 4 rings (SSSR count). The van der Waals surface area contributed by atoms with Gasteiger partial charge in [0.15, 0.2) is 0 Å². The SMILES string of the molecule is Cc1ccc2nc(NCCCOC(C)C)c(/C=C3\SC(=S)N(CCc4ccccc4)C3=O)c(=O)n2c1. The van der Waals surface area contributed by atoms with Crippen LogP contribution >= 0.6 is 24.0 Å². The van der Waals surface area contributed by atoms with Crippen molar-refractivity contribution in [1.29, 1.82) is 0 Å². The lowest BCUT2D eigenvalue weighted by Gasteiger charge is -2.14. The first-order valence-electron chi connectivity index (χ1n) is 12.0. The molecule has 0 aliphatic carbocycles. The summed E-state index contributed by atoms with van der Waals surface area (Å²) in [6.45, 7) is 7.59. The molecule has 36 heavy (non-hydrogen) atoms. The Bertz CT molecular complexity index is 1350. The molecule has 0 spiro atoms. The summed E-state index contributed by atoms with van der Waals surface area (Å²) in [5.41, 5.74) is 2.72. The first-order chi connectivity index (χ1) is 17.3. The minimum Gasteiger partial charge on any atom is -0.379 e. The lowest BCUT2D eigenvalue weighted by atomic mass is 10.1. The number of thioether (sulfide) groups is 1. The highest BCUT2D eigenvalue weighted by molar-refractivity contribution is 8.26. The Kier molecular flexibility index (Phi) is 8.56. The standard InChI is InChI=1S/C27H30N4O3S2/c1-18(2)34-15-7-13-28-24-21(25(32)31-17-19(3)10-11-23(31)29-24)16-22-26(33)30(27(35)36-22)14-12-20-8-5-4-6-9-20/h4-6,8-11,16-18,28H,7,12-15H2,1-3H3/b22-16-. The number of nitrogens with one attached hydrogen (secondary N) is 1. The summed E-state index contributed by atoms with van der Waals surface area (Å²) < 4.78 is 7.62. The van der Waals surface area contributed by atoms with Crippen molar-refractivity contribution in [1.82, 2.24) is 14.3 Å². The largest absolute Gasteiger partial charge is 0.379 e. The number of carbonyl (C=O) groups excluding carboxylic acids is 1. The number of pyridine rings is 1. The number of amides is 1. The molecule has 0 bridgehead atoms. The second-order valence-corrected chi connectivity index (χ2v) is 10.6. The Labute approximate surface area is 220 Å². The van der Waals surface area contributed by atoms with Gasteiger partial charge in [-0.3, -0.25) is 18.9 Å². The first kappa shape index (κ1) is 26.1. The topological polar surface area (TPSA) is 75.9 Å². The van der Waals surface area contributed by atoms with Crippen LogP contribution in [0.3, 0.4) is 0 Å². The Morgan fingerprint density at radius 3 is 2.69 bits per heavy atom. The highest BCUT2D eigenvalue weighted by atomic mass is 32.2. The van der Waals surface area contributed by atoms with Crippen LogP contribution in [0.15, 0.2) is 58.4 Å². The van der Waals surface area contributed by atoms with Gasteiger partial charge in [-0.2, -0.15) is 0 Å². The minimum atomic E-state index is -0.237. The maximum absolute atomic E-state index is 13.5. The Hall–Kier alpha value is -3.01. The van der Waals surface area contributed by atoms with E-state index in [4.69, 9.17) is 21.9 Å². The van der Waals surface area contributed by atoms with Crippen molar-refractivity contribution in [2.75, 3.05) is 25.0 Å². The van der Waals surface area contributed by atoms with Gasteiger partial charge in [-0.15, -0.1) is 0 Å². The number of hydrogen-bond acceptors (Lipinski definition) is 7. The maximum atomic E-state index is 13.5. The third-order valence-corrected chi connectivity index (χ3v) is 7.06. The van der Waals surface area contributed by atoms with E-state index >= 15 is 0 Å². The third kappa shape index (κ3) is 6.21. The number of ether oxygens (including phenoxy) is 1.